The van der Waals surface area contributed by atoms with Gasteiger partial charge in [-0.15, -0.1) is 0 Å². The standard InChI is InChI=1S/C66H53I2N3O2P2S4/c1-65(2)61-21-13-11-19-57(61)59-37-31-51(42-63(59)65)70(46-15-7-5-8-16-46)53-39-45(40-54(41-53)71(47-17-9-6-10-18-47)52-32-38-60-58-20-12-14-22-62(58)66(3,4)64(60)43-52)44-23-25-48(26-24-44)69(49-27-33-55(34-28-49)74(72)78(67)76)50-29-35-56(36-30-50)75(73)79(68)77/h5-43,78-79H,1-4H3. The minimum absolute atomic E-state index is 0.199. The second kappa shape index (κ2) is 22.0. The molecule has 0 spiro atoms. The summed E-state index contributed by atoms with van der Waals surface area (Å²) in [5.41, 5.74) is 21.0. The summed E-state index contributed by atoms with van der Waals surface area (Å²) in [6.07, 6.45) is 0. The summed E-state index contributed by atoms with van der Waals surface area (Å²) >= 11 is 15.2. The van der Waals surface area contributed by atoms with Crippen molar-refractivity contribution >= 4 is 151 Å². The Bertz CT molecular complexity index is 4070. The van der Waals surface area contributed by atoms with Gasteiger partial charge in [0.2, 0.25) is 0 Å². The monoisotopic (exact) mass is 1360 g/mol. The van der Waals surface area contributed by atoms with E-state index < -0.39 is 24.8 Å². The van der Waals surface area contributed by atoms with E-state index in [9.17, 15) is 9.13 Å². The van der Waals surface area contributed by atoms with E-state index in [0.29, 0.717) is 0 Å². The molecule has 12 rings (SSSR count). The molecule has 4 atom stereocenters. The van der Waals surface area contributed by atoms with Crippen molar-refractivity contribution in [2.45, 2.75) is 38.5 Å². The summed E-state index contributed by atoms with van der Waals surface area (Å²) < 4.78 is 26.4. The first kappa shape index (κ1) is 54.0. The van der Waals surface area contributed by atoms with Crippen LogP contribution in [-0.2, 0) is 53.9 Å². The zero-order chi connectivity index (χ0) is 54.7. The Morgan fingerprint density at radius 2 is 0.646 bits per heavy atom. The van der Waals surface area contributed by atoms with Crippen LogP contribution >= 0.6 is 55.6 Å². The fourth-order valence-corrected chi connectivity index (χ4v) is 20.9. The maximum Gasteiger partial charge on any atom is 0.166 e. The maximum absolute atomic E-state index is 13.2. The first-order chi connectivity index (χ1) is 38.2. The Kier molecular flexibility index (Phi) is 15.1. The van der Waals surface area contributed by atoms with Crippen LogP contribution in [0.2, 0.25) is 0 Å². The van der Waals surface area contributed by atoms with Crippen molar-refractivity contribution in [2.24, 2.45) is 0 Å². The van der Waals surface area contributed by atoms with E-state index in [-0.39, 0.29) is 10.8 Å². The van der Waals surface area contributed by atoms with Crippen LogP contribution in [0.25, 0.3) is 33.4 Å². The largest absolute Gasteiger partial charge is 0.311 e. The van der Waals surface area contributed by atoms with Gasteiger partial charge in [0, 0.05) is 72.6 Å². The first-order valence-corrected chi connectivity index (χ1v) is 40.0. The minimum Gasteiger partial charge on any atom is -0.311 e. The normalized spacial score (nSPS) is 14.5. The highest BCUT2D eigenvalue weighted by Gasteiger charge is 2.37. The molecule has 0 amide bonds. The van der Waals surface area contributed by atoms with E-state index in [1.165, 1.54) is 44.5 Å². The lowest BCUT2D eigenvalue weighted by Gasteiger charge is -2.32. The minimum atomic E-state index is -1.68. The zero-order valence-electron chi connectivity index (χ0n) is 43.5. The van der Waals surface area contributed by atoms with Crippen LogP contribution < -0.4 is 25.3 Å². The summed E-state index contributed by atoms with van der Waals surface area (Å²) in [6, 6.07) is 84.5. The first-order valence-electron chi connectivity index (χ1n) is 25.8. The van der Waals surface area contributed by atoms with Crippen LogP contribution in [0, 0.1) is 0 Å². The van der Waals surface area contributed by atoms with Gasteiger partial charge in [0.05, 0.1) is 0 Å². The van der Waals surface area contributed by atoms with Gasteiger partial charge in [0.25, 0.3) is 0 Å². The SMILES string of the molecule is CC1(C)c2ccccc2-c2ccc(N(c3ccccc3)c3cc(-c4ccc(N(c5ccc(P(=O)=[SH](=S)I)cc5)c5ccc(P(=O)=[SH](=S)I)cc5)cc4)cc(N(c4ccccc4)c4ccc5c(c4)C(C)(C)c4ccccc4-5)c3)cc21. The molecule has 0 aliphatic heterocycles. The number of nitrogens with zero attached hydrogens (tertiary/aromatic N) is 3. The Hall–Kier alpha value is -5.60. The Balaban J connectivity index is 1.05. The number of hydrogen-bond acceptors (Lipinski definition) is 7. The van der Waals surface area contributed by atoms with Gasteiger partial charge in [0.1, 0.15) is 0 Å². The lowest BCUT2D eigenvalue weighted by atomic mass is 9.82. The topological polar surface area (TPSA) is 43.9 Å². The van der Waals surface area contributed by atoms with Crippen molar-refractivity contribution in [3.05, 3.63) is 259 Å². The van der Waals surface area contributed by atoms with Gasteiger partial charge in [-0.3, -0.25) is 9.13 Å². The van der Waals surface area contributed by atoms with E-state index in [0.717, 1.165) is 72.9 Å². The number of fused-ring (bicyclic) bond motifs is 6. The fraction of sp³-hybridized carbons (Fsp3) is 0.0909. The molecule has 0 heterocycles. The van der Waals surface area contributed by atoms with Gasteiger partial charge in [-0.05, 0) is 259 Å². The molecule has 10 aromatic carbocycles. The fourth-order valence-electron chi connectivity index (χ4n) is 11.6. The van der Waals surface area contributed by atoms with Gasteiger partial charge in [-0.1, -0.05) is 137 Å². The summed E-state index contributed by atoms with van der Waals surface area (Å²) in [6.45, 7) is 6.01. The molecule has 13 heteroatoms. The van der Waals surface area contributed by atoms with Gasteiger partial charge < -0.3 is 14.7 Å². The van der Waals surface area contributed by atoms with Crippen molar-refractivity contribution in [3.63, 3.8) is 0 Å². The number of thiol groups is 2. The number of rotatable bonds is 12. The molecular weight excluding hydrogens is 1310 g/mol. The van der Waals surface area contributed by atoms with E-state index in [1.54, 1.807) is 0 Å². The second-order valence-electron chi connectivity index (χ2n) is 20.8. The van der Waals surface area contributed by atoms with E-state index >= 15 is 0 Å². The number of anilines is 9. The molecule has 0 N–H and O–H groups in total. The third-order valence-electron chi connectivity index (χ3n) is 15.5. The van der Waals surface area contributed by atoms with Crippen molar-refractivity contribution in [3.8, 4) is 33.4 Å². The van der Waals surface area contributed by atoms with Gasteiger partial charge in [0.15, 0.2) is 13.2 Å². The predicted octanol–water partition coefficient (Wildman–Crippen LogP) is 19.4. The van der Waals surface area contributed by atoms with Crippen LogP contribution in [0.15, 0.2) is 237 Å². The molecule has 79 heavy (non-hydrogen) atoms. The van der Waals surface area contributed by atoms with Crippen LogP contribution in [0.1, 0.15) is 49.9 Å². The molecule has 2 aliphatic rings. The Morgan fingerprint density at radius 3 is 1.04 bits per heavy atom. The average Bonchev–Trinajstić information content (AvgIpc) is 4.04. The predicted molar refractivity (Wildman–Crippen MR) is 366 cm³/mol. The number of hydrogen-bond donors (Lipinski definition) is 2. The van der Waals surface area contributed by atoms with E-state index in [1.807, 2.05) is 48.5 Å². The second-order valence-corrected chi connectivity index (χ2v) is 46.5. The van der Waals surface area contributed by atoms with Gasteiger partial charge in [-0.2, -0.15) is 0 Å². The molecule has 392 valence electrons. The third-order valence-corrected chi connectivity index (χ3v) is 30.4. The molecule has 0 radical (unpaired) electrons. The molecule has 0 aromatic heterocycles. The number of halogens is 2. The summed E-state index contributed by atoms with van der Waals surface area (Å²) in [7, 11) is 0. The zero-order valence-corrected chi connectivity index (χ0v) is 53.1. The van der Waals surface area contributed by atoms with E-state index in [4.69, 9.17) is 22.4 Å². The number of para-hydroxylation sites is 2. The van der Waals surface area contributed by atoms with Crippen molar-refractivity contribution in [1.29, 1.82) is 0 Å². The maximum atomic E-state index is 13.2. The average molecular weight is 1360 g/mol. The number of benzene rings is 10. The Labute approximate surface area is 500 Å². The van der Waals surface area contributed by atoms with Crippen LogP contribution in [0.5, 0.6) is 0 Å². The lowest BCUT2D eigenvalue weighted by molar-refractivity contribution is 0.601. The molecule has 0 saturated heterocycles. The molecule has 5 nitrogen and oxygen atoms in total. The Morgan fingerprint density at radius 1 is 0.329 bits per heavy atom. The van der Waals surface area contributed by atoms with Crippen LogP contribution in [-0.4, -0.2) is 0 Å². The highest BCUT2D eigenvalue weighted by atomic mass is 127. The third kappa shape index (κ3) is 10.1. The van der Waals surface area contributed by atoms with Crippen molar-refractivity contribution in [1.82, 2.24) is 0 Å². The van der Waals surface area contributed by atoms with Gasteiger partial charge >= 0.3 is 0 Å². The molecule has 0 saturated carbocycles. The smallest absolute Gasteiger partial charge is 0.166 e. The highest BCUT2D eigenvalue weighted by Crippen LogP contribution is 2.53. The molecule has 4 unspecified atom stereocenters. The van der Waals surface area contributed by atoms with Gasteiger partial charge in [-0.25, -0.2) is 0 Å². The quantitative estimate of drug-likeness (QED) is 0.0547. The van der Waals surface area contributed by atoms with Crippen molar-refractivity contribution in [2.75, 3.05) is 14.7 Å². The van der Waals surface area contributed by atoms with Crippen LogP contribution in [0.3, 0.4) is 0 Å². The molecule has 10 aromatic rings. The molecular formula is C66H53I2N3O2P2S4. The lowest BCUT2D eigenvalue weighted by Crippen LogP contribution is -2.17. The highest BCUT2D eigenvalue weighted by molar-refractivity contribution is 14.2. The van der Waals surface area contributed by atoms with Crippen molar-refractivity contribution < 1.29 is 9.13 Å². The molecule has 0 bridgehead atoms. The molecule has 2 aliphatic carbocycles. The summed E-state index contributed by atoms with van der Waals surface area (Å²) in [5.74, 6) is -2.16. The van der Waals surface area contributed by atoms with E-state index in [2.05, 4.69) is 273 Å². The summed E-state index contributed by atoms with van der Waals surface area (Å²) in [4.78, 5) is 6.99. The van der Waals surface area contributed by atoms with Crippen LogP contribution in [0.4, 0.5) is 51.2 Å². The molecule has 0 fully saturated rings. The summed E-state index contributed by atoms with van der Waals surface area (Å²) in [5, 5.41) is 1.48.